The number of benzene rings is 1. The second-order valence-electron chi connectivity index (χ2n) is 5.53. The molecular formula is C18H26O2. The van der Waals surface area contributed by atoms with E-state index in [1.165, 1.54) is 11.1 Å². The molecular weight excluding hydrogens is 248 g/mol. The molecule has 0 heterocycles. The van der Waals surface area contributed by atoms with Crippen LogP contribution >= 0.6 is 0 Å². The SMILES string of the molecule is COc1c(C)cc(O)cc1CC=C(C)CCC=C(C)C. The van der Waals surface area contributed by atoms with Crippen LogP contribution in [0.5, 0.6) is 11.5 Å². The van der Waals surface area contributed by atoms with Gasteiger partial charge >= 0.3 is 0 Å². The zero-order chi connectivity index (χ0) is 15.1. The number of aryl methyl sites for hydroxylation is 1. The van der Waals surface area contributed by atoms with Crippen LogP contribution in [0.4, 0.5) is 0 Å². The van der Waals surface area contributed by atoms with Gasteiger partial charge in [-0.05, 0) is 64.7 Å². The van der Waals surface area contributed by atoms with Gasteiger partial charge in [0.1, 0.15) is 11.5 Å². The highest BCUT2D eigenvalue weighted by atomic mass is 16.5. The largest absolute Gasteiger partial charge is 0.508 e. The Bertz CT molecular complexity index is 506. The summed E-state index contributed by atoms with van der Waals surface area (Å²) >= 11 is 0. The van der Waals surface area contributed by atoms with Gasteiger partial charge in [-0.1, -0.05) is 23.3 Å². The molecule has 0 unspecified atom stereocenters. The number of methoxy groups -OCH3 is 1. The molecule has 0 bridgehead atoms. The third-order valence-corrected chi connectivity index (χ3v) is 3.30. The Labute approximate surface area is 122 Å². The van der Waals surface area contributed by atoms with Crippen LogP contribution in [0.3, 0.4) is 0 Å². The molecule has 0 atom stereocenters. The first-order chi connectivity index (χ1) is 9.43. The molecule has 0 aliphatic carbocycles. The molecule has 1 aromatic carbocycles. The van der Waals surface area contributed by atoms with E-state index in [2.05, 4.69) is 32.9 Å². The number of hydrogen-bond donors (Lipinski definition) is 1. The van der Waals surface area contributed by atoms with Crippen LogP contribution < -0.4 is 4.74 Å². The fourth-order valence-corrected chi connectivity index (χ4v) is 2.24. The van der Waals surface area contributed by atoms with Gasteiger partial charge in [-0.3, -0.25) is 0 Å². The average molecular weight is 274 g/mol. The fraction of sp³-hybridized carbons (Fsp3) is 0.444. The summed E-state index contributed by atoms with van der Waals surface area (Å²) < 4.78 is 5.43. The Kier molecular flexibility index (Phi) is 6.37. The van der Waals surface area contributed by atoms with E-state index in [0.717, 1.165) is 36.1 Å². The highest BCUT2D eigenvalue weighted by molar-refractivity contribution is 5.47. The quantitative estimate of drug-likeness (QED) is 0.744. The molecule has 0 spiro atoms. The van der Waals surface area contributed by atoms with E-state index in [0.29, 0.717) is 5.75 Å². The van der Waals surface area contributed by atoms with Crippen LogP contribution in [-0.4, -0.2) is 12.2 Å². The van der Waals surface area contributed by atoms with Gasteiger partial charge in [0.05, 0.1) is 7.11 Å². The monoisotopic (exact) mass is 274 g/mol. The summed E-state index contributed by atoms with van der Waals surface area (Å²) in [6.07, 6.45) is 7.43. The van der Waals surface area contributed by atoms with Gasteiger partial charge in [-0.2, -0.15) is 0 Å². The van der Waals surface area contributed by atoms with Crippen LogP contribution in [0.25, 0.3) is 0 Å². The van der Waals surface area contributed by atoms with E-state index in [1.54, 1.807) is 19.2 Å². The smallest absolute Gasteiger partial charge is 0.125 e. The molecule has 0 saturated carbocycles. The van der Waals surface area contributed by atoms with Crippen LogP contribution in [0.15, 0.2) is 35.4 Å². The molecule has 1 N–H and O–H groups in total. The van der Waals surface area contributed by atoms with Crippen molar-refractivity contribution in [2.45, 2.75) is 47.0 Å². The molecule has 2 heteroatoms. The summed E-state index contributed by atoms with van der Waals surface area (Å²) in [6.45, 7) is 8.35. The number of hydrogen-bond acceptors (Lipinski definition) is 2. The number of allylic oxidation sites excluding steroid dienone is 4. The molecule has 0 aliphatic rings. The number of phenols is 1. The van der Waals surface area contributed by atoms with Crippen molar-refractivity contribution in [2.75, 3.05) is 7.11 Å². The maximum absolute atomic E-state index is 9.70. The first-order valence-corrected chi connectivity index (χ1v) is 7.09. The van der Waals surface area contributed by atoms with Gasteiger partial charge in [0.25, 0.3) is 0 Å². The minimum atomic E-state index is 0.300. The molecule has 1 rings (SSSR count). The topological polar surface area (TPSA) is 29.5 Å². The van der Waals surface area contributed by atoms with Gasteiger partial charge in [0.2, 0.25) is 0 Å². The molecule has 2 nitrogen and oxygen atoms in total. The van der Waals surface area contributed by atoms with E-state index >= 15 is 0 Å². The predicted molar refractivity (Wildman–Crippen MR) is 85.5 cm³/mol. The van der Waals surface area contributed by atoms with Crippen LogP contribution in [0, 0.1) is 6.92 Å². The molecule has 0 radical (unpaired) electrons. The lowest BCUT2D eigenvalue weighted by molar-refractivity contribution is 0.404. The van der Waals surface area contributed by atoms with Crippen molar-refractivity contribution >= 4 is 0 Å². The standard InChI is InChI=1S/C18H26O2/c1-13(2)7-6-8-14(3)9-10-16-12-17(19)11-15(4)18(16)20-5/h7,9,11-12,19H,6,8,10H2,1-5H3. The van der Waals surface area contributed by atoms with Crippen LogP contribution in [0.2, 0.25) is 0 Å². The Morgan fingerprint density at radius 3 is 2.50 bits per heavy atom. The van der Waals surface area contributed by atoms with Crippen molar-refractivity contribution in [1.82, 2.24) is 0 Å². The molecule has 0 amide bonds. The number of rotatable bonds is 6. The van der Waals surface area contributed by atoms with Gasteiger partial charge < -0.3 is 9.84 Å². The first kappa shape index (κ1) is 16.4. The van der Waals surface area contributed by atoms with E-state index in [4.69, 9.17) is 4.74 Å². The second kappa shape index (κ2) is 7.78. The summed E-state index contributed by atoms with van der Waals surface area (Å²) in [4.78, 5) is 0. The highest BCUT2D eigenvalue weighted by Crippen LogP contribution is 2.29. The minimum Gasteiger partial charge on any atom is -0.508 e. The molecule has 20 heavy (non-hydrogen) atoms. The van der Waals surface area contributed by atoms with Crippen LogP contribution in [0.1, 0.15) is 44.7 Å². The summed E-state index contributed by atoms with van der Waals surface area (Å²) in [5.74, 6) is 1.17. The van der Waals surface area contributed by atoms with Gasteiger partial charge in [-0.25, -0.2) is 0 Å². The van der Waals surface area contributed by atoms with Crippen LogP contribution in [-0.2, 0) is 6.42 Å². The molecule has 0 fully saturated rings. The lowest BCUT2D eigenvalue weighted by Gasteiger charge is -2.11. The van der Waals surface area contributed by atoms with E-state index < -0.39 is 0 Å². The third kappa shape index (κ3) is 5.12. The molecule has 0 aromatic heterocycles. The molecule has 1 aromatic rings. The fourth-order valence-electron chi connectivity index (χ4n) is 2.24. The number of phenolic OH excluding ortho intramolecular Hbond substituents is 1. The van der Waals surface area contributed by atoms with Crippen molar-refractivity contribution in [1.29, 1.82) is 0 Å². The average Bonchev–Trinajstić information content (AvgIpc) is 2.35. The van der Waals surface area contributed by atoms with Gasteiger partial charge in [0.15, 0.2) is 0 Å². The van der Waals surface area contributed by atoms with E-state index in [1.807, 2.05) is 6.92 Å². The maximum Gasteiger partial charge on any atom is 0.125 e. The zero-order valence-electron chi connectivity index (χ0n) is 13.3. The highest BCUT2D eigenvalue weighted by Gasteiger charge is 2.07. The van der Waals surface area contributed by atoms with E-state index in [-0.39, 0.29) is 0 Å². The molecule has 0 saturated heterocycles. The first-order valence-electron chi connectivity index (χ1n) is 7.09. The zero-order valence-corrected chi connectivity index (χ0v) is 13.3. The molecule has 110 valence electrons. The summed E-state index contributed by atoms with van der Waals surface area (Å²) in [5, 5.41) is 9.70. The van der Waals surface area contributed by atoms with Crippen molar-refractivity contribution in [3.05, 3.63) is 46.6 Å². The van der Waals surface area contributed by atoms with Crippen molar-refractivity contribution in [2.24, 2.45) is 0 Å². The predicted octanol–water partition coefficient (Wildman–Crippen LogP) is 4.94. The number of aromatic hydroxyl groups is 1. The van der Waals surface area contributed by atoms with Crippen molar-refractivity contribution in [3.8, 4) is 11.5 Å². The normalized spacial score (nSPS) is 11.3. The van der Waals surface area contributed by atoms with Gasteiger partial charge in [0, 0.05) is 5.56 Å². The minimum absolute atomic E-state index is 0.300. The Morgan fingerprint density at radius 1 is 1.20 bits per heavy atom. The maximum atomic E-state index is 9.70. The number of ether oxygens (including phenoxy) is 1. The Hall–Kier alpha value is -1.70. The summed E-state index contributed by atoms with van der Waals surface area (Å²) in [6, 6.07) is 3.51. The Morgan fingerprint density at radius 2 is 1.90 bits per heavy atom. The summed E-state index contributed by atoms with van der Waals surface area (Å²) in [5.41, 5.74) is 4.73. The Balaban J connectivity index is 2.75. The molecule has 0 aliphatic heterocycles. The summed E-state index contributed by atoms with van der Waals surface area (Å²) in [7, 11) is 1.67. The van der Waals surface area contributed by atoms with Gasteiger partial charge in [-0.15, -0.1) is 0 Å². The van der Waals surface area contributed by atoms with E-state index in [9.17, 15) is 5.11 Å². The lowest BCUT2D eigenvalue weighted by atomic mass is 10.0. The second-order valence-corrected chi connectivity index (χ2v) is 5.53. The van der Waals surface area contributed by atoms with Crippen molar-refractivity contribution < 1.29 is 9.84 Å². The van der Waals surface area contributed by atoms with Crippen molar-refractivity contribution in [3.63, 3.8) is 0 Å². The third-order valence-electron chi connectivity index (χ3n) is 3.30. The lowest BCUT2D eigenvalue weighted by Crippen LogP contribution is -1.94.